The highest BCUT2D eigenvalue weighted by molar-refractivity contribution is 5.63. The van der Waals surface area contributed by atoms with Gasteiger partial charge in [0.2, 0.25) is 0 Å². The van der Waals surface area contributed by atoms with Crippen molar-refractivity contribution < 1.29 is 4.92 Å². The average molecular weight is 273 g/mol. The van der Waals surface area contributed by atoms with Crippen LogP contribution in [0, 0.1) is 10.1 Å². The molecule has 2 aromatic rings. The molecule has 0 atom stereocenters. The van der Waals surface area contributed by atoms with E-state index in [1.165, 1.54) is 16.7 Å². The van der Waals surface area contributed by atoms with Crippen LogP contribution in [-0.4, -0.2) is 16.5 Å². The third-order valence-corrected chi connectivity index (χ3v) is 3.10. The minimum atomic E-state index is -0.447. The monoisotopic (exact) mass is 273 g/mol. The fraction of sp³-hybridized carbons (Fsp3) is 0.214. The second kappa shape index (κ2) is 5.66. The van der Waals surface area contributed by atoms with Crippen LogP contribution in [-0.2, 0) is 13.6 Å². The lowest BCUT2D eigenvalue weighted by Gasteiger charge is -2.10. The van der Waals surface area contributed by atoms with Gasteiger partial charge >= 0.3 is 0 Å². The highest BCUT2D eigenvalue weighted by atomic mass is 16.6. The van der Waals surface area contributed by atoms with Crippen molar-refractivity contribution in [2.45, 2.75) is 6.54 Å². The highest BCUT2D eigenvalue weighted by Crippen LogP contribution is 2.22. The van der Waals surface area contributed by atoms with Crippen LogP contribution < -0.4 is 10.9 Å². The number of hydrogen-bond donors (Lipinski definition) is 1. The molecule has 0 aliphatic carbocycles. The molecule has 0 unspecified atom stereocenters. The number of benzene rings is 1. The molecule has 0 radical (unpaired) electrons. The molecule has 0 spiro atoms. The minimum absolute atomic E-state index is 0.00857. The van der Waals surface area contributed by atoms with E-state index < -0.39 is 4.92 Å². The number of nitrogens with zero attached hydrogens (tertiary/aromatic N) is 2. The zero-order valence-electron chi connectivity index (χ0n) is 11.3. The second-order valence-electron chi connectivity index (χ2n) is 4.45. The number of hydrogen-bond acceptors (Lipinski definition) is 4. The zero-order valence-corrected chi connectivity index (χ0v) is 11.3. The van der Waals surface area contributed by atoms with Gasteiger partial charge in [0.1, 0.15) is 0 Å². The molecule has 0 aliphatic rings. The lowest BCUT2D eigenvalue weighted by atomic mass is 10.1. The van der Waals surface area contributed by atoms with Gasteiger partial charge in [0.15, 0.2) is 0 Å². The van der Waals surface area contributed by atoms with Gasteiger partial charge in [-0.25, -0.2) is 0 Å². The largest absolute Gasteiger partial charge is 0.315 e. The van der Waals surface area contributed by atoms with Crippen LogP contribution in [0.3, 0.4) is 0 Å². The Morgan fingerprint density at radius 2 is 2.05 bits per heavy atom. The first-order valence-electron chi connectivity index (χ1n) is 6.13. The van der Waals surface area contributed by atoms with Crippen LogP contribution in [0.15, 0.2) is 41.2 Å². The van der Waals surface area contributed by atoms with Crippen LogP contribution >= 0.6 is 0 Å². The van der Waals surface area contributed by atoms with Gasteiger partial charge in [-0.05, 0) is 13.1 Å². The molecule has 6 heteroatoms. The summed E-state index contributed by atoms with van der Waals surface area (Å²) in [5, 5.41) is 13.7. The molecule has 1 aromatic heterocycles. The van der Waals surface area contributed by atoms with Crippen molar-refractivity contribution >= 4 is 5.69 Å². The van der Waals surface area contributed by atoms with E-state index in [1.807, 2.05) is 0 Å². The Labute approximate surface area is 115 Å². The first-order chi connectivity index (χ1) is 9.54. The summed E-state index contributed by atoms with van der Waals surface area (Å²) >= 11 is 0. The van der Waals surface area contributed by atoms with Crippen molar-refractivity contribution in [3.8, 4) is 11.3 Å². The Kier molecular flexibility index (Phi) is 3.95. The summed E-state index contributed by atoms with van der Waals surface area (Å²) in [5.74, 6) is 0. The van der Waals surface area contributed by atoms with E-state index in [-0.39, 0.29) is 11.2 Å². The van der Waals surface area contributed by atoms with Crippen LogP contribution in [0.2, 0.25) is 0 Å². The van der Waals surface area contributed by atoms with E-state index in [0.29, 0.717) is 23.4 Å². The van der Waals surface area contributed by atoms with Gasteiger partial charge in [-0.2, -0.15) is 0 Å². The highest BCUT2D eigenvalue weighted by Gasteiger charge is 2.11. The van der Waals surface area contributed by atoms with E-state index in [9.17, 15) is 14.9 Å². The number of aromatic nitrogens is 1. The molecular weight excluding hydrogens is 258 g/mol. The fourth-order valence-electron chi connectivity index (χ4n) is 2.08. The van der Waals surface area contributed by atoms with E-state index in [0.717, 1.165) is 0 Å². The van der Waals surface area contributed by atoms with Gasteiger partial charge < -0.3 is 9.88 Å². The summed E-state index contributed by atoms with van der Waals surface area (Å²) in [6.07, 6.45) is 0. The van der Waals surface area contributed by atoms with Crippen molar-refractivity contribution in [1.29, 1.82) is 0 Å². The number of nitro benzene ring substituents is 1. The number of non-ortho nitro benzene ring substituents is 1. The van der Waals surface area contributed by atoms with E-state index in [4.69, 9.17) is 0 Å². The predicted molar refractivity (Wildman–Crippen MR) is 76.5 cm³/mol. The number of pyridine rings is 1. The van der Waals surface area contributed by atoms with Crippen LogP contribution in [0.25, 0.3) is 11.3 Å². The third-order valence-electron chi connectivity index (χ3n) is 3.10. The molecule has 0 aliphatic heterocycles. The normalized spacial score (nSPS) is 10.5. The van der Waals surface area contributed by atoms with Gasteiger partial charge in [0.25, 0.3) is 11.2 Å². The maximum absolute atomic E-state index is 12.2. The molecular formula is C14H15N3O3. The Morgan fingerprint density at radius 1 is 1.30 bits per heavy atom. The van der Waals surface area contributed by atoms with Gasteiger partial charge in [-0.15, -0.1) is 0 Å². The van der Waals surface area contributed by atoms with Gasteiger partial charge in [0.05, 0.1) is 10.6 Å². The SMILES string of the molecule is CNCc1ccc(-c2cccc([N+](=O)[O-])c2)n(C)c1=O. The Morgan fingerprint density at radius 3 is 2.70 bits per heavy atom. The van der Waals surface area contributed by atoms with Gasteiger partial charge in [-0.3, -0.25) is 14.9 Å². The number of nitro groups is 1. The first-order valence-corrected chi connectivity index (χ1v) is 6.13. The standard InChI is InChI=1S/C14H15N3O3/c1-15-9-11-6-7-13(16(2)14(11)18)10-4-3-5-12(8-10)17(19)20/h3-8,15H,9H2,1-2H3. The van der Waals surface area contributed by atoms with Crippen molar-refractivity contribution in [1.82, 2.24) is 9.88 Å². The molecule has 0 bridgehead atoms. The summed E-state index contributed by atoms with van der Waals surface area (Å²) < 4.78 is 1.51. The molecule has 0 amide bonds. The first kappa shape index (κ1) is 14.0. The Balaban J connectivity index is 2.54. The summed E-state index contributed by atoms with van der Waals surface area (Å²) in [4.78, 5) is 22.5. The van der Waals surface area contributed by atoms with Crippen molar-refractivity contribution in [3.63, 3.8) is 0 Å². The summed E-state index contributed by atoms with van der Waals surface area (Å²) in [6, 6.07) is 9.79. The van der Waals surface area contributed by atoms with Crippen LogP contribution in [0.1, 0.15) is 5.56 Å². The molecule has 0 saturated carbocycles. The van der Waals surface area contributed by atoms with E-state index >= 15 is 0 Å². The molecule has 0 saturated heterocycles. The predicted octanol–water partition coefficient (Wildman–Crippen LogP) is 1.68. The molecule has 1 aromatic carbocycles. The van der Waals surface area contributed by atoms with Crippen molar-refractivity contribution in [3.05, 3.63) is 62.4 Å². The third kappa shape index (κ3) is 2.60. The maximum Gasteiger partial charge on any atom is 0.270 e. The summed E-state index contributed by atoms with van der Waals surface area (Å²) in [7, 11) is 3.43. The topological polar surface area (TPSA) is 77.2 Å². The van der Waals surface area contributed by atoms with Crippen molar-refractivity contribution in [2.75, 3.05) is 7.05 Å². The van der Waals surface area contributed by atoms with Crippen LogP contribution in [0.5, 0.6) is 0 Å². The Bertz CT molecular complexity index is 707. The number of rotatable bonds is 4. The van der Waals surface area contributed by atoms with E-state index in [1.54, 1.807) is 38.4 Å². The smallest absolute Gasteiger partial charge is 0.270 e. The molecule has 0 fully saturated rings. The van der Waals surface area contributed by atoms with Gasteiger partial charge in [-0.1, -0.05) is 18.2 Å². The minimum Gasteiger partial charge on any atom is -0.315 e. The molecule has 6 nitrogen and oxygen atoms in total. The lowest BCUT2D eigenvalue weighted by molar-refractivity contribution is -0.384. The molecule has 2 rings (SSSR count). The molecule has 20 heavy (non-hydrogen) atoms. The summed E-state index contributed by atoms with van der Waals surface area (Å²) in [6.45, 7) is 0.488. The second-order valence-corrected chi connectivity index (χ2v) is 4.45. The lowest BCUT2D eigenvalue weighted by Crippen LogP contribution is -2.25. The van der Waals surface area contributed by atoms with Gasteiger partial charge in [0, 0.05) is 36.9 Å². The van der Waals surface area contributed by atoms with Crippen molar-refractivity contribution in [2.24, 2.45) is 7.05 Å². The Hall–Kier alpha value is -2.47. The zero-order chi connectivity index (χ0) is 14.7. The molecule has 1 N–H and O–H groups in total. The number of nitrogens with one attached hydrogen (secondary N) is 1. The molecule has 1 heterocycles. The van der Waals surface area contributed by atoms with Crippen LogP contribution in [0.4, 0.5) is 5.69 Å². The quantitative estimate of drug-likeness (QED) is 0.679. The fourth-order valence-corrected chi connectivity index (χ4v) is 2.08. The average Bonchev–Trinajstić information content (AvgIpc) is 2.44. The molecule has 104 valence electrons. The maximum atomic E-state index is 12.2. The summed E-state index contributed by atoms with van der Waals surface area (Å²) in [5.41, 5.74) is 1.86. The van der Waals surface area contributed by atoms with E-state index in [2.05, 4.69) is 5.32 Å².